The molecule has 0 radical (unpaired) electrons. The van der Waals surface area contributed by atoms with E-state index in [0.717, 1.165) is 23.9 Å². The van der Waals surface area contributed by atoms with E-state index in [9.17, 15) is 18.0 Å². The van der Waals surface area contributed by atoms with E-state index < -0.39 is 17.6 Å². The lowest BCUT2D eigenvalue weighted by Gasteiger charge is -2.18. The fourth-order valence-corrected chi connectivity index (χ4v) is 4.10. The second-order valence-corrected chi connectivity index (χ2v) is 7.93. The standard InChI is InChI=1S/C21H17F3N2O3S/c1-12(2)25-20-26(15-5-3-4-14(10-15)21(22,23)24)19(27)18(30-20)9-13-6-7-16-17(8-13)29-11-28-16/h3-10,12H,11H2,1-2H3/b18-9-,25-20-. The zero-order valence-corrected chi connectivity index (χ0v) is 16.9. The zero-order chi connectivity index (χ0) is 21.5. The number of alkyl halides is 3. The molecule has 0 N–H and O–H groups in total. The van der Waals surface area contributed by atoms with Crippen molar-refractivity contribution in [1.82, 2.24) is 0 Å². The molecule has 0 bridgehead atoms. The molecule has 2 aromatic rings. The van der Waals surface area contributed by atoms with Crippen LogP contribution in [0, 0.1) is 0 Å². The first-order valence-electron chi connectivity index (χ1n) is 9.11. The normalized spacial score (nSPS) is 18.9. The topological polar surface area (TPSA) is 51.1 Å². The molecule has 5 nitrogen and oxygen atoms in total. The zero-order valence-electron chi connectivity index (χ0n) is 16.1. The van der Waals surface area contributed by atoms with Gasteiger partial charge in [0.05, 0.1) is 16.2 Å². The number of halogens is 3. The van der Waals surface area contributed by atoms with Gasteiger partial charge in [-0.1, -0.05) is 12.1 Å². The molecule has 0 spiro atoms. The quantitative estimate of drug-likeness (QED) is 0.614. The lowest BCUT2D eigenvalue weighted by atomic mass is 10.1. The number of benzene rings is 2. The summed E-state index contributed by atoms with van der Waals surface area (Å²) in [6.07, 6.45) is -2.84. The molecular formula is C21H17F3N2O3S. The molecule has 1 amide bonds. The van der Waals surface area contributed by atoms with Gasteiger partial charge in [-0.05, 0) is 67.6 Å². The van der Waals surface area contributed by atoms with E-state index in [4.69, 9.17) is 9.47 Å². The Morgan fingerprint density at radius 2 is 1.90 bits per heavy atom. The maximum atomic E-state index is 13.2. The number of amides is 1. The minimum absolute atomic E-state index is 0.121. The minimum atomic E-state index is -4.51. The fourth-order valence-electron chi connectivity index (χ4n) is 2.98. The van der Waals surface area contributed by atoms with E-state index in [1.807, 2.05) is 13.8 Å². The molecule has 0 aliphatic carbocycles. The summed E-state index contributed by atoms with van der Waals surface area (Å²) in [4.78, 5) is 19.1. The van der Waals surface area contributed by atoms with E-state index >= 15 is 0 Å². The smallest absolute Gasteiger partial charge is 0.416 e. The van der Waals surface area contributed by atoms with E-state index in [2.05, 4.69) is 4.99 Å². The summed E-state index contributed by atoms with van der Waals surface area (Å²) in [6.45, 7) is 3.81. The highest BCUT2D eigenvalue weighted by Crippen LogP contribution is 2.40. The number of hydrogen-bond donors (Lipinski definition) is 0. The predicted molar refractivity (Wildman–Crippen MR) is 110 cm³/mol. The Bertz CT molecular complexity index is 1060. The second kappa shape index (κ2) is 7.71. The first-order chi connectivity index (χ1) is 14.2. The van der Waals surface area contributed by atoms with Gasteiger partial charge in [-0.2, -0.15) is 13.2 Å². The molecule has 2 aromatic carbocycles. The molecule has 0 atom stereocenters. The van der Waals surface area contributed by atoms with E-state index in [1.165, 1.54) is 17.0 Å². The van der Waals surface area contributed by atoms with Crippen LogP contribution in [0.15, 0.2) is 52.4 Å². The molecule has 9 heteroatoms. The van der Waals surface area contributed by atoms with Crippen LogP contribution in [0.2, 0.25) is 0 Å². The number of hydrogen-bond acceptors (Lipinski definition) is 5. The van der Waals surface area contributed by atoms with Crippen molar-refractivity contribution in [1.29, 1.82) is 0 Å². The number of rotatable bonds is 3. The van der Waals surface area contributed by atoms with Crippen molar-refractivity contribution in [2.75, 3.05) is 11.7 Å². The molecule has 0 saturated carbocycles. The number of carbonyl (C=O) groups is 1. The van der Waals surface area contributed by atoms with Crippen LogP contribution in [0.25, 0.3) is 6.08 Å². The van der Waals surface area contributed by atoms with Gasteiger partial charge in [0.15, 0.2) is 16.7 Å². The highest BCUT2D eigenvalue weighted by atomic mass is 32.2. The van der Waals surface area contributed by atoms with Crippen molar-refractivity contribution < 1.29 is 27.4 Å². The molecule has 2 aliphatic heterocycles. The third kappa shape index (κ3) is 4.02. The first-order valence-corrected chi connectivity index (χ1v) is 9.93. The maximum absolute atomic E-state index is 13.2. The highest BCUT2D eigenvalue weighted by Gasteiger charge is 2.37. The van der Waals surface area contributed by atoms with Gasteiger partial charge in [0.2, 0.25) is 6.79 Å². The first kappa shape index (κ1) is 20.3. The van der Waals surface area contributed by atoms with Gasteiger partial charge >= 0.3 is 6.18 Å². The number of thioether (sulfide) groups is 1. The van der Waals surface area contributed by atoms with Crippen LogP contribution in [0.5, 0.6) is 11.5 Å². The highest BCUT2D eigenvalue weighted by molar-refractivity contribution is 8.19. The van der Waals surface area contributed by atoms with Gasteiger partial charge in [-0.15, -0.1) is 0 Å². The van der Waals surface area contributed by atoms with Crippen LogP contribution in [-0.2, 0) is 11.0 Å². The average Bonchev–Trinajstić information content (AvgIpc) is 3.25. The van der Waals surface area contributed by atoms with Crippen LogP contribution >= 0.6 is 11.8 Å². The van der Waals surface area contributed by atoms with E-state index in [1.54, 1.807) is 24.3 Å². The molecule has 2 aliphatic rings. The lowest BCUT2D eigenvalue weighted by Crippen LogP contribution is -2.29. The van der Waals surface area contributed by atoms with Crippen molar-refractivity contribution in [2.45, 2.75) is 26.1 Å². The van der Waals surface area contributed by atoms with Gasteiger partial charge in [-0.3, -0.25) is 14.7 Å². The van der Waals surface area contributed by atoms with Gasteiger partial charge in [-0.25, -0.2) is 0 Å². The van der Waals surface area contributed by atoms with Crippen molar-refractivity contribution >= 4 is 34.6 Å². The van der Waals surface area contributed by atoms with Crippen molar-refractivity contribution in [2.24, 2.45) is 4.99 Å². The van der Waals surface area contributed by atoms with E-state index in [0.29, 0.717) is 27.1 Å². The number of anilines is 1. The van der Waals surface area contributed by atoms with Gasteiger partial charge in [0, 0.05) is 6.04 Å². The van der Waals surface area contributed by atoms with Crippen molar-refractivity contribution in [3.05, 3.63) is 58.5 Å². The second-order valence-electron chi connectivity index (χ2n) is 6.92. The summed E-state index contributed by atoms with van der Waals surface area (Å²) >= 11 is 1.13. The van der Waals surface area contributed by atoms with Crippen LogP contribution in [0.1, 0.15) is 25.0 Å². The monoisotopic (exact) mass is 434 g/mol. The Labute approximate surface area is 175 Å². The van der Waals surface area contributed by atoms with Gasteiger partial charge < -0.3 is 9.47 Å². The van der Waals surface area contributed by atoms with Crippen LogP contribution < -0.4 is 14.4 Å². The largest absolute Gasteiger partial charge is 0.454 e. The predicted octanol–water partition coefficient (Wildman–Crippen LogP) is 5.32. The molecular weight excluding hydrogens is 417 g/mol. The molecule has 30 heavy (non-hydrogen) atoms. The Balaban J connectivity index is 1.72. The molecule has 156 valence electrons. The maximum Gasteiger partial charge on any atom is 0.416 e. The SMILES string of the molecule is CC(C)/N=C1\S/C(=C\c2ccc3c(c2)OCO3)C(=O)N1c1cccc(C(F)(F)F)c1. The summed E-state index contributed by atoms with van der Waals surface area (Å²) in [5, 5.41) is 0.335. The Kier molecular flexibility index (Phi) is 5.23. The lowest BCUT2D eigenvalue weighted by molar-refractivity contribution is -0.137. The number of ether oxygens (including phenoxy) is 2. The van der Waals surface area contributed by atoms with Crippen LogP contribution in [0.3, 0.4) is 0 Å². The minimum Gasteiger partial charge on any atom is -0.454 e. The van der Waals surface area contributed by atoms with Gasteiger partial charge in [0.25, 0.3) is 5.91 Å². The van der Waals surface area contributed by atoms with Gasteiger partial charge in [0.1, 0.15) is 0 Å². The molecule has 2 heterocycles. The average molecular weight is 434 g/mol. The molecule has 0 unspecified atom stereocenters. The van der Waals surface area contributed by atoms with Crippen molar-refractivity contribution in [3.63, 3.8) is 0 Å². The number of amidine groups is 1. The summed E-state index contributed by atoms with van der Waals surface area (Å²) in [7, 11) is 0. The molecule has 4 rings (SSSR count). The molecule has 0 aromatic heterocycles. The summed E-state index contributed by atoms with van der Waals surface area (Å²) in [5.41, 5.74) is 0.00981. The Morgan fingerprint density at radius 1 is 1.13 bits per heavy atom. The van der Waals surface area contributed by atoms with Crippen molar-refractivity contribution in [3.8, 4) is 11.5 Å². The third-order valence-electron chi connectivity index (χ3n) is 4.30. The third-order valence-corrected chi connectivity index (χ3v) is 5.28. The molecule has 1 fully saturated rings. The van der Waals surface area contributed by atoms with Crippen LogP contribution in [-0.4, -0.2) is 23.9 Å². The number of nitrogens with zero attached hydrogens (tertiary/aromatic N) is 2. The molecule has 1 saturated heterocycles. The summed E-state index contributed by atoms with van der Waals surface area (Å²) in [6, 6.07) is 9.80. The van der Waals surface area contributed by atoms with E-state index in [-0.39, 0.29) is 18.5 Å². The Hall–Kier alpha value is -2.94. The summed E-state index contributed by atoms with van der Waals surface area (Å²) < 4.78 is 50.1. The van der Waals surface area contributed by atoms with Crippen LogP contribution in [0.4, 0.5) is 18.9 Å². The fraction of sp³-hybridized carbons (Fsp3) is 0.238. The Morgan fingerprint density at radius 3 is 2.63 bits per heavy atom. The number of carbonyl (C=O) groups excluding carboxylic acids is 1. The number of aliphatic imine (C=N–C) groups is 1. The number of fused-ring (bicyclic) bond motifs is 1. The summed E-state index contributed by atoms with van der Waals surface area (Å²) in [5.74, 6) is 0.761.